The Morgan fingerprint density at radius 2 is 1.74 bits per heavy atom. The average Bonchev–Trinajstić information content (AvgIpc) is 2.82. The zero-order valence-corrected chi connectivity index (χ0v) is 18.3. The highest BCUT2D eigenvalue weighted by Gasteiger charge is 2.22. The van der Waals surface area contributed by atoms with Crippen molar-refractivity contribution in [2.45, 2.75) is 6.92 Å². The van der Waals surface area contributed by atoms with Gasteiger partial charge in [0.2, 0.25) is 0 Å². The van der Waals surface area contributed by atoms with E-state index in [1.54, 1.807) is 18.1 Å². The average molecular weight is 438 g/mol. The van der Waals surface area contributed by atoms with E-state index < -0.39 is 0 Å². The maximum atomic E-state index is 12.6. The van der Waals surface area contributed by atoms with E-state index in [0.717, 1.165) is 28.4 Å². The van der Waals surface area contributed by atoms with Crippen molar-refractivity contribution in [1.29, 1.82) is 0 Å². The lowest BCUT2D eigenvalue weighted by Gasteiger charge is -2.35. The molecular weight excluding hydrogens is 414 g/mol. The zero-order valence-electron chi connectivity index (χ0n) is 17.5. The highest BCUT2D eigenvalue weighted by molar-refractivity contribution is 6.33. The molecule has 1 N–H and O–H groups in total. The first-order chi connectivity index (χ1) is 15.0. The molecule has 0 radical (unpaired) electrons. The summed E-state index contributed by atoms with van der Waals surface area (Å²) in [5.74, 6) is 1.61. The third-order valence-electron chi connectivity index (χ3n) is 5.29. The Bertz CT molecular complexity index is 1050. The van der Waals surface area contributed by atoms with Gasteiger partial charge in [0, 0.05) is 31.7 Å². The number of carbonyl (C=O) groups excluding carboxylic acids is 1. The van der Waals surface area contributed by atoms with Crippen molar-refractivity contribution < 1.29 is 9.53 Å². The van der Waals surface area contributed by atoms with Crippen molar-refractivity contribution in [2.24, 2.45) is 0 Å². The lowest BCUT2D eigenvalue weighted by atomic mass is 10.1. The summed E-state index contributed by atoms with van der Waals surface area (Å²) in [5.41, 5.74) is 3.46. The molecule has 0 unspecified atom stereocenters. The highest BCUT2D eigenvalue weighted by Crippen LogP contribution is 2.24. The SMILES string of the molecule is COc1ccc(-c2ccc(N3CCN(C(=O)Nc4cc(C)ccc4Cl)CC3)nn2)cc1. The van der Waals surface area contributed by atoms with Crippen LogP contribution in [0.15, 0.2) is 54.6 Å². The van der Waals surface area contributed by atoms with Crippen molar-refractivity contribution in [2.75, 3.05) is 43.5 Å². The normalized spacial score (nSPS) is 13.8. The number of nitrogens with zero attached hydrogens (tertiary/aromatic N) is 4. The van der Waals surface area contributed by atoms with Crippen LogP contribution in [0.1, 0.15) is 5.56 Å². The topological polar surface area (TPSA) is 70.6 Å². The molecular formula is C23H24ClN5O2. The van der Waals surface area contributed by atoms with Gasteiger partial charge in [-0.1, -0.05) is 17.7 Å². The van der Waals surface area contributed by atoms with Gasteiger partial charge in [-0.2, -0.15) is 0 Å². The van der Waals surface area contributed by atoms with Crippen LogP contribution in [0, 0.1) is 6.92 Å². The first-order valence-corrected chi connectivity index (χ1v) is 10.5. The summed E-state index contributed by atoms with van der Waals surface area (Å²) in [6, 6.07) is 17.1. The van der Waals surface area contributed by atoms with Crippen LogP contribution in [0.5, 0.6) is 5.75 Å². The number of piperazine rings is 1. The number of halogens is 1. The number of carbonyl (C=O) groups is 1. The van der Waals surface area contributed by atoms with Crippen LogP contribution in [-0.4, -0.2) is 54.4 Å². The van der Waals surface area contributed by atoms with E-state index in [0.29, 0.717) is 36.9 Å². The maximum Gasteiger partial charge on any atom is 0.322 e. The molecule has 3 aromatic rings. The van der Waals surface area contributed by atoms with Gasteiger partial charge in [0.1, 0.15) is 5.75 Å². The third-order valence-corrected chi connectivity index (χ3v) is 5.62. The van der Waals surface area contributed by atoms with E-state index in [4.69, 9.17) is 16.3 Å². The van der Waals surface area contributed by atoms with E-state index in [2.05, 4.69) is 20.4 Å². The van der Waals surface area contributed by atoms with Crippen LogP contribution >= 0.6 is 11.6 Å². The number of hydrogen-bond donors (Lipinski definition) is 1. The monoisotopic (exact) mass is 437 g/mol. The zero-order chi connectivity index (χ0) is 21.8. The molecule has 160 valence electrons. The largest absolute Gasteiger partial charge is 0.497 e. The van der Waals surface area contributed by atoms with E-state index in [9.17, 15) is 4.79 Å². The maximum absolute atomic E-state index is 12.6. The van der Waals surface area contributed by atoms with Gasteiger partial charge in [-0.15, -0.1) is 10.2 Å². The number of rotatable bonds is 4. The van der Waals surface area contributed by atoms with Gasteiger partial charge in [-0.3, -0.25) is 0 Å². The Hall–Kier alpha value is -3.32. The van der Waals surface area contributed by atoms with Gasteiger partial charge in [0.15, 0.2) is 5.82 Å². The first kappa shape index (κ1) is 20.9. The Labute approximate surface area is 186 Å². The molecule has 0 spiro atoms. The van der Waals surface area contributed by atoms with Crippen LogP contribution in [0.3, 0.4) is 0 Å². The first-order valence-electron chi connectivity index (χ1n) is 10.1. The molecule has 7 nitrogen and oxygen atoms in total. The molecule has 4 rings (SSSR count). The van der Waals surface area contributed by atoms with E-state index in [-0.39, 0.29) is 6.03 Å². The Kier molecular flexibility index (Phi) is 6.23. The number of aryl methyl sites for hydroxylation is 1. The molecule has 0 aliphatic carbocycles. The number of methoxy groups -OCH3 is 1. The van der Waals surface area contributed by atoms with Gasteiger partial charge >= 0.3 is 6.03 Å². The second-order valence-electron chi connectivity index (χ2n) is 7.39. The number of amides is 2. The second-order valence-corrected chi connectivity index (χ2v) is 7.80. The van der Waals surface area contributed by atoms with E-state index in [1.807, 2.05) is 55.5 Å². The second kappa shape index (κ2) is 9.22. The fraction of sp³-hybridized carbons (Fsp3) is 0.261. The van der Waals surface area contributed by atoms with Crippen LogP contribution in [0.4, 0.5) is 16.3 Å². The van der Waals surface area contributed by atoms with Crippen molar-refractivity contribution in [3.8, 4) is 17.0 Å². The molecule has 0 saturated carbocycles. The fourth-order valence-electron chi connectivity index (χ4n) is 3.48. The lowest BCUT2D eigenvalue weighted by Crippen LogP contribution is -2.50. The minimum atomic E-state index is -0.145. The van der Waals surface area contributed by atoms with Crippen LogP contribution < -0.4 is 15.0 Å². The lowest BCUT2D eigenvalue weighted by molar-refractivity contribution is 0.208. The Morgan fingerprint density at radius 1 is 1.00 bits per heavy atom. The minimum absolute atomic E-state index is 0.145. The number of benzene rings is 2. The number of urea groups is 1. The summed E-state index contributed by atoms with van der Waals surface area (Å²) in [5, 5.41) is 12.2. The summed E-state index contributed by atoms with van der Waals surface area (Å²) in [6.07, 6.45) is 0. The molecule has 2 amide bonds. The van der Waals surface area contributed by atoms with Crippen LogP contribution in [0.2, 0.25) is 5.02 Å². The molecule has 1 aliphatic rings. The van der Waals surface area contributed by atoms with Crippen LogP contribution in [-0.2, 0) is 0 Å². The standard InChI is InChI=1S/C23H24ClN5O2/c1-16-3-8-19(24)21(15-16)25-23(30)29-13-11-28(12-14-29)22-10-9-20(26-27-22)17-4-6-18(31-2)7-5-17/h3-10,15H,11-14H2,1-2H3,(H,25,30). The summed E-state index contributed by atoms with van der Waals surface area (Å²) in [7, 11) is 1.64. The molecule has 8 heteroatoms. The van der Waals surface area contributed by atoms with Crippen LogP contribution in [0.25, 0.3) is 11.3 Å². The highest BCUT2D eigenvalue weighted by atomic mass is 35.5. The quantitative estimate of drug-likeness (QED) is 0.652. The summed E-state index contributed by atoms with van der Waals surface area (Å²) >= 11 is 6.19. The predicted molar refractivity (Wildman–Crippen MR) is 123 cm³/mol. The van der Waals surface area contributed by atoms with Crippen molar-refractivity contribution in [3.05, 3.63) is 65.2 Å². The van der Waals surface area contributed by atoms with Gasteiger partial charge in [-0.25, -0.2) is 4.79 Å². The van der Waals surface area contributed by atoms with Gasteiger partial charge in [0.25, 0.3) is 0 Å². The van der Waals surface area contributed by atoms with Gasteiger partial charge in [0.05, 0.1) is 23.5 Å². The Balaban J connectivity index is 1.35. The number of nitrogens with one attached hydrogen (secondary N) is 1. The van der Waals surface area contributed by atoms with E-state index >= 15 is 0 Å². The Morgan fingerprint density at radius 3 is 2.39 bits per heavy atom. The summed E-state index contributed by atoms with van der Waals surface area (Å²) in [4.78, 5) is 16.5. The van der Waals surface area contributed by atoms with Gasteiger partial charge < -0.3 is 19.9 Å². The third kappa shape index (κ3) is 4.88. The number of aromatic nitrogens is 2. The molecule has 1 saturated heterocycles. The van der Waals surface area contributed by atoms with Gasteiger partial charge in [-0.05, 0) is 61.0 Å². The number of ether oxygens (including phenoxy) is 1. The minimum Gasteiger partial charge on any atom is -0.497 e. The molecule has 31 heavy (non-hydrogen) atoms. The molecule has 1 aromatic heterocycles. The fourth-order valence-corrected chi connectivity index (χ4v) is 3.64. The van der Waals surface area contributed by atoms with E-state index in [1.165, 1.54) is 0 Å². The number of anilines is 2. The molecule has 0 bridgehead atoms. The van der Waals surface area contributed by atoms with Crippen molar-refractivity contribution in [1.82, 2.24) is 15.1 Å². The number of hydrogen-bond acceptors (Lipinski definition) is 5. The summed E-state index contributed by atoms with van der Waals surface area (Å²) in [6.45, 7) is 4.52. The van der Waals surface area contributed by atoms with Crippen molar-refractivity contribution in [3.63, 3.8) is 0 Å². The molecule has 0 atom stereocenters. The van der Waals surface area contributed by atoms with Crippen molar-refractivity contribution >= 4 is 29.1 Å². The predicted octanol–water partition coefficient (Wildman–Crippen LogP) is 4.47. The molecule has 2 aromatic carbocycles. The molecule has 1 fully saturated rings. The summed E-state index contributed by atoms with van der Waals surface area (Å²) < 4.78 is 5.19. The molecule has 1 aliphatic heterocycles. The smallest absolute Gasteiger partial charge is 0.322 e. The molecule has 2 heterocycles.